The largest absolute Gasteiger partial charge is 0.422 e. The number of ether oxygens (including phenoxy) is 1. The van der Waals surface area contributed by atoms with Crippen LogP contribution in [0.5, 0.6) is 5.75 Å². The van der Waals surface area contributed by atoms with Gasteiger partial charge in [0.1, 0.15) is 10.9 Å². The van der Waals surface area contributed by atoms with E-state index in [-0.39, 0.29) is 15.7 Å². The fraction of sp³-hybridized carbons (Fsp3) is 0. The van der Waals surface area contributed by atoms with Crippen molar-refractivity contribution in [1.82, 2.24) is 4.98 Å². The summed E-state index contributed by atoms with van der Waals surface area (Å²) in [6, 6.07) is 12.8. The van der Waals surface area contributed by atoms with Gasteiger partial charge in [0.05, 0.1) is 15.1 Å². The van der Waals surface area contributed by atoms with Crippen LogP contribution in [0.2, 0.25) is 10.2 Å². The molecule has 3 aromatic rings. The molecule has 1 heterocycles. The molecule has 1 aromatic heterocycles. The maximum absolute atomic E-state index is 12.2. The molecule has 3 nitrogen and oxygen atoms in total. The van der Waals surface area contributed by atoms with Crippen molar-refractivity contribution in [2.24, 2.45) is 0 Å². The molecule has 0 radical (unpaired) electrons. The van der Waals surface area contributed by atoms with E-state index in [2.05, 4.69) is 20.9 Å². The maximum Gasteiger partial charge on any atom is 0.345 e. The quantitative estimate of drug-likeness (QED) is 0.325. The first kappa shape index (κ1) is 15.3. The van der Waals surface area contributed by atoms with Crippen LogP contribution in [-0.2, 0) is 0 Å². The summed E-state index contributed by atoms with van der Waals surface area (Å²) in [7, 11) is 0. The van der Waals surface area contributed by atoms with Crippen LogP contribution in [0.15, 0.2) is 53.1 Å². The highest BCUT2D eigenvalue weighted by Crippen LogP contribution is 2.33. The smallest absolute Gasteiger partial charge is 0.345 e. The Morgan fingerprint density at radius 3 is 2.68 bits per heavy atom. The molecule has 0 saturated heterocycles. The summed E-state index contributed by atoms with van der Waals surface area (Å²) in [5, 5.41) is 2.35. The highest BCUT2D eigenvalue weighted by atomic mass is 79.9. The van der Waals surface area contributed by atoms with Crippen LogP contribution in [0.1, 0.15) is 10.4 Å². The third-order valence-electron chi connectivity index (χ3n) is 3.06. The summed E-state index contributed by atoms with van der Waals surface area (Å²) in [5.74, 6) is -0.128. The Kier molecular flexibility index (Phi) is 4.34. The first-order valence-corrected chi connectivity index (χ1v) is 7.81. The van der Waals surface area contributed by atoms with Gasteiger partial charge in [0.25, 0.3) is 0 Å². The fourth-order valence-corrected chi connectivity index (χ4v) is 2.83. The molecular formula is C16H8BrCl2NO2. The lowest BCUT2D eigenvalue weighted by atomic mass is 10.1. The fourth-order valence-electron chi connectivity index (χ4n) is 1.98. The van der Waals surface area contributed by atoms with Gasteiger partial charge in [-0.05, 0) is 38.8 Å². The number of rotatable bonds is 2. The molecule has 0 spiro atoms. The lowest BCUT2D eigenvalue weighted by Gasteiger charge is -2.09. The van der Waals surface area contributed by atoms with Crippen LogP contribution in [0.3, 0.4) is 0 Å². The molecule has 0 bridgehead atoms. The molecule has 0 saturated carbocycles. The summed E-state index contributed by atoms with van der Waals surface area (Å²) < 4.78 is 6.12. The Morgan fingerprint density at radius 2 is 1.91 bits per heavy atom. The van der Waals surface area contributed by atoms with Gasteiger partial charge in [0.2, 0.25) is 0 Å². The lowest BCUT2D eigenvalue weighted by Crippen LogP contribution is -2.09. The van der Waals surface area contributed by atoms with E-state index in [1.54, 1.807) is 6.07 Å². The first-order chi connectivity index (χ1) is 10.6. The zero-order valence-corrected chi connectivity index (χ0v) is 14.1. The highest BCUT2D eigenvalue weighted by molar-refractivity contribution is 9.10. The van der Waals surface area contributed by atoms with Crippen LogP contribution in [-0.4, -0.2) is 11.0 Å². The Bertz CT molecular complexity index is 883. The molecular weight excluding hydrogens is 389 g/mol. The van der Waals surface area contributed by atoms with E-state index >= 15 is 0 Å². The summed E-state index contributed by atoms with van der Waals surface area (Å²) in [6.07, 6.45) is 1.32. The van der Waals surface area contributed by atoms with Gasteiger partial charge in [-0.1, -0.05) is 53.5 Å². The van der Waals surface area contributed by atoms with Crippen molar-refractivity contribution in [3.63, 3.8) is 0 Å². The van der Waals surface area contributed by atoms with E-state index in [4.69, 9.17) is 27.9 Å². The van der Waals surface area contributed by atoms with Gasteiger partial charge in [-0.3, -0.25) is 0 Å². The molecule has 6 heteroatoms. The average Bonchev–Trinajstić information content (AvgIpc) is 2.53. The minimum Gasteiger partial charge on any atom is -0.422 e. The molecule has 0 fully saturated rings. The number of hydrogen-bond acceptors (Lipinski definition) is 3. The second kappa shape index (κ2) is 6.24. The van der Waals surface area contributed by atoms with Crippen molar-refractivity contribution in [2.45, 2.75) is 0 Å². The van der Waals surface area contributed by atoms with Crippen LogP contribution < -0.4 is 4.74 Å². The molecule has 0 N–H and O–H groups in total. The number of hydrogen-bond donors (Lipinski definition) is 0. The van der Waals surface area contributed by atoms with E-state index in [1.165, 1.54) is 12.3 Å². The normalized spacial score (nSPS) is 10.7. The zero-order valence-electron chi connectivity index (χ0n) is 11.0. The number of benzene rings is 2. The molecule has 22 heavy (non-hydrogen) atoms. The summed E-state index contributed by atoms with van der Waals surface area (Å²) in [6.45, 7) is 0. The number of esters is 1. The molecule has 110 valence electrons. The number of carbonyl (C=O) groups excluding carboxylic acids is 1. The van der Waals surface area contributed by atoms with Crippen molar-refractivity contribution < 1.29 is 9.53 Å². The predicted molar refractivity (Wildman–Crippen MR) is 90.9 cm³/mol. The van der Waals surface area contributed by atoms with Crippen LogP contribution in [0.4, 0.5) is 0 Å². The van der Waals surface area contributed by atoms with Gasteiger partial charge < -0.3 is 4.74 Å². The Hall–Kier alpha value is -1.62. The topological polar surface area (TPSA) is 39.2 Å². The van der Waals surface area contributed by atoms with Gasteiger partial charge in [-0.15, -0.1) is 0 Å². The molecule has 0 aliphatic rings. The number of nitrogens with zero attached hydrogens (tertiary/aromatic N) is 1. The van der Waals surface area contributed by atoms with Crippen molar-refractivity contribution in [2.75, 3.05) is 0 Å². The summed E-state index contributed by atoms with van der Waals surface area (Å²) in [5.41, 5.74) is 0.231. The molecule has 0 aliphatic heterocycles. The minimum absolute atomic E-state index is 0.144. The van der Waals surface area contributed by atoms with Gasteiger partial charge in [-0.2, -0.15) is 0 Å². The lowest BCUT2D eigenvalue weighted by molar-refractivity contribution is 0.0733. The summed E-state index contributed by atoms with van der Waals surface area (Å²) >= 11 is 15.1. The molecule has 2 aromatic carbocycles. The molecule has 0 aliphatic carbocycles. The second-order valence-corrected chi connectivity index (χ2v) is 6.04. The number of halogens is 3. The zero-order chi connectivity index (χ0) is 15.7. The number of pyridine rings is 1. The van der Waals surface area contributed by atoms with Gasteiger partial charge in [-0.25, -0.2) is 9.78 Å². The average molecular weight is 397 g/mol. The van der Waals surface area contributed by atoms with E-state index in [0.717, 1.165) is 10.8 Å². The number of fused-ring (bicyclic) bond motifs is 1. The Balaban J connectivity index is 1.94. The molecule has 0 amide bonds. The number of aromatic nitrogens is 1. The van der Waals surface area contributed by atoms with Crippen LogP contribution in [0, 0.1) is 0 Å². The standard InChI is InChI=1S/C16H8BrCl2NO2/c17-14-11-4-2-1-3-9(11)5-6-13(14)22-16(21)10-7-12(18)15(19)20-8-10/h1-8H. The van der Waals surface area contributed by atoms with E-state index in [1.807, 2.05) is 30.3 Å². The minimum atomic E-state index is -0.554. The third kappa shape index (κ3) is 2.95. The van der Waals surface area contributed by atoms with Crippen molar-refractivity contribution in [3.05, 3.63) is 68.9 Å². The SMILES string of the molecule is O=C(Oc1ccc2ccccc2c1Br)c1cnc(Cl)c(Cl)c1. The van der Waals surface area contributed by atoms with Crippen LogP contribution in [0.25, 0.3) is 10.8 Å². The Morgan fingerprint density at radius 1 is 1.14 bits per heavy atom. The third-order valence-corrected chi connectivity index (χ3v) is 4.57. The van der Waals surface area contributed by atoms with Gasteiger partial charge >= 0.3 is 5.97 Å². The summed E-state index contributed by atoms with van der Waals surface area (Å²) in [4.78, 5) is 16.0. The molecule has 0 atom stereocenters. The van der Waals surface area contributed by atoms with Crippen molar-refractivity contribution >= 4 is 55.9 Å². The van der Waals surface area contributed by atoms with E-state index in [0.29, 0.717) is 10.2 Å². The maximum atomic E-state index is 12.2. The highest BCUT2D eigenvalue weighted by Gasteiger charge is 2.14. The Labute approximate surface area is 145 Å². The first-order valence-electron chi connectivity index (χ1n) is 6.27. The van der Waals surface area contributed by atoms with E-state index in [9.17, 15) is 4.79 Å². The van der Waals surface area contributed by atoms with Gasteiger partial charge in [0, 0.05) is 6.20 Å². The monoisotopic (exact) mass is 395 g/mol. The molecule has 0 unspecified atom stereocenters. The van der Waals surface area contributed by atoms with Crippen molar-refractivity contribution in [3.8, 4) is 5.75 Å². The molecule has 3 rings (SSSR count). The number of carbonyl (C=O) groups is 1. The van der Waals surface area contributed by atoms with Crippen molar-refractivity contribution in [1.29, 1.82) is 0 Å². The van der Waals surface area contributed by atoms with E-state index < -0.39 is 5.97 Å². The second-order valence-electron chi connectivity index (χ2n) is 4.48. The van der Waals surface area contributed by atoms with Gasteiger partial charge in [0.15, 0.2) is 0 Å². The van der Waals surface area contributed by atoms with Crippen LogP contribution >= 0.6 is 39.1 Å². The predicted octanol–water partition coefficient (Wildman–Crippen LogP) is 5.52.